The van der Waals surface area contributed by atoms with Crippen LogP contribution >= 0.6 is 15.9 Å². The predicted octanol–water partition coefficient (Wildman–Crippen LogP) is 2.96. The summed E-state index contributed by atoms with van der Waals surface area (Å²) in [6.45, 7) is 6.72. The van der Waals surface area contributed by atoms with Crippen molar-refractivity contribution in [1.29, 1.82) is 0 Å². The Hall–Kier alpha value is -0.580. The molecule has 96 valence electrons. The van der Waals surface area contributed by atoms with Crippen molar-refractivity contribution in [3.63, 3.8) is 0 Å². The number of hydrogen-bond acceptors (Lipinski definition) is 3. The highest BCUT2D eigenvalue weighted by Crippen LogP contribution is 2.22. The van der Waals surface area contributed by atoms with E-state index in [1.54, 1.807) is 0 Å². The molecule has 0 fully saturated rings. The van der Waals surface area contributed by atoms with Gasteiger partial charge in [0.15, 0.2) is 0 Å². The molecule has 0 atom stereocenters. The molecule has 0 unspecified atom stereocenters. The van der Waals surface area contributed by atoms with Crippen molar-refractivity contribution in [2.75, 3.05) is 19.8 Å². The Morgan fingerprint density at radius 1 is 1.29 bits per heavy atom. The van der Waals surface area contributed by atoms with Crippen LogP contribution < -0.4 is 10.5 Å². The van der Waals surface area contributed by atoms with E-state index in [1.807, 2.05) is 18.2 Å². The molecular formula is C13H20BrNO2. The predicted molar refractivity (Wildman–Crippen MR) is 73.2 cm³/mol. The lowest BCUT2D eigenvalue weighted by atomic mass is 10.2. The van der Waals surface area contributed by atoms with Gasteiger partial charge in [-0.2, -0.15) is 0 Å². The average Bonchev–Trinajstić information content (AvgIpc) is 2.30. The summed E-state index contributed by atoms with van der Waals surface area (Å²) in [5, 5.41) is 0. The highest BCUT2D eigenvalue weighted by Gasteiger charge is 2.01. The van der Waals surface area contributed by atoms with Gasteiger partial charge in [0, 0.05) is 17.6 Å². The zero-order chi connectivity index (χ0) is 12.7. The van der Waals surface area contributed by atoms with Gasteiger partial charge in [0.1, 0.15) is 12.4 Å². The lowest BCUT2D eigenvalue weighted by molar-refractivity contribution is 0.0819. The second-order valence-corrected chi connectivity index (χ2v) is 5.13. The first-order valence-electron chi connectivity index (χ1n) is 5.82. The summed E-state index contributed by atoms with van der Waals surface area (Å²) in [4.78, 5) is 0. The number of rotatable bonds is 7. The zero-order valence-electron chi connectivity index (χ0n) is 10.4. The summed E-state index contributed by atoms with van der Waals surface area (Å²) >= 11 is 3.44. The van der Waals surface area contributed by atoms with Gasteiger partial charge < -0.3 is 15.2 Å². The normalized spacial score (nSPS) is 10.9. The smallest absolute Gasteiger partial charge is 0.119 e. The van der Waals surface area contributed by atoms with Gasteiger partial charge in [-0.15, -0.1) is 0 Å². The lowest BCUT2D eigenvalue weighted by Crippen LogP contribution is -2.10. The molecule has 0 aliphatic carbocycles. The SMILES string of the molecule is CC(C)COCCOc1ccc(Br)c(CN)c1. The van der Waals surface area contributed by atoms with Gasteiger partial charge in [0.05, 0.1) is 6.61 Å². The van der Waals surface area contributed by atoms with E-state index in [2.05, 4.69) is 29.8 Å². The number of hydrogen-bond donors (Lipinski definition) is 1. The van der Waals surface area contributed by atoms with Gasteiger partial charge in [0.2, 0.25) is 0 Å². The van der Waals surface area contributed by atoms with E-state index >= 15 is 0 Å². The zero-order valence-corrected chi connectivity index (χ0v) is 12.0. The molecule has 0 radical (unpaired) electrons. The Balaban J connectivity index is 2.32. The molecule has 17 heavy (non-hydrogen) atoms. The number of benzene rings is 1. The molecule has 0 aliphatic heterocycles. The van der Waals surface area contributed by atoms with Crippen LogP contribution in [0, 0.1) is 5.92 Å². The second kappa shape index (κ2) is 7.69. The van der Waals surface area contributed by atoms with Gasteiger partial charge in [-0.3, -0.25) is 0 Å². The maximum atomic E-state index is 5.62. The molecule has 0 aliphatic rings. The first kappa shape index (κ1) is 14.5. The standard InChI is InChI=1S/C13H20BrNO2/c1-10(2)9-16-5-6-17-12-3-4-13(14)11(7-12)8-15/h3-4,7,10H,5-6,8-9,15H2,1-2H3. The Labute approximate surface area is 111 Å². The summed E-state index contributed by atoms with van der Waals surface area (Å²) in [5.74, 6) is 1.40. The molecule has 0 amide bonds. The van der Waals surface area contributed by atoms with Crippen molar-refractivity contribution in [3.05, 3.63) is 28.2 Å². The van der Waals surface area contributed by atoms with Crippen LogP contribution in [0.25, 0.3) is 0 Å². The van der Waals surface area contributed by atoms with Crippen LogP contribution in [0.5, 0.6) is 5.75 Å². The van der Waals surface area contributed by atoms with Crippen molar-refractivity contribution in [1.82, 2.24) is 0 Å². The molecule has 0 saturated heterocycles. The van der Waals surface area contributed by atoms with Gasteiger partial charge in [-0.05, 0) is 29.7 Å². The summed E-state index contributed by atoms with van der Waals surface area (Å²) in [6.07, 6.45) is 0. The summed E-state index contributed by atoms with van der Waals surface area (Å²) in [6, 6.07) is 5.82. The fourth-order valence-electron chi connectivity index (χ4n) is 1.33. The molecule has 0 bridgehead atoms. The molecule has 4 heteroatoms. The highest BCUT2D eigenvalue weighted by molar-refractivity contribution is 9.10. The average molecular weight is 302 g/mol. The monoisotopic (exact) mass is 301 g/mol. The quantitative estimate of drug-likeness (QED) is 0.788. The van der Waals surface area contributed by atoms with Crippen molar-refractivity contribution in [2.45, 2.75) is 20.4 Å². The van der Waals surface area contributed by atoms with E-state index in [9.17, 15) is 0 Å². The third-order valence-corrected chi connectivity index (χ3v) is 2.96. The fraction of sp³-hybridized carbons (Fsp3) is 0.538. The molecule has 0 aromatic heterocycles. The van der Waals surface area contributed by atoms with Crippen LogP contribution in [-0.4, -0.2) is 19.8 Å². The minimum Gasteiger partial charge on any atom is -0.491 e. The molecule has 3 nitrogen and oxygen atoms in total. The highest BCUT2D eigenvalue weighted by atomic mass is 79.9. The van der Waals surface area contributed by atoms with Crippen molar-refractivity contribution >= 4 is 15.9 Å². The molecule has 1 aromatic carbocycles. The second-order valence-electron chi connectivity index (χ2n) is 4.27. The third-order valence-electron chi connectivity index (χ3n) is 2.18. The fourth-order valence-corrected chi connectivity index (χ4v) is 1.74. The molecule has 0 heterocycles. The van der Waals surface area contributed by atoms with Crippen LogP contribution in [0.4, 0.5) is 0 Å². The number of ether oxygens (including phenoxy) is 2. The first-order valence-corrected chi connectivity index (χ1v) is 6.61. The van der Waals surface area contributed by atoms with Crippen LogP contribution in [0.1, 0.15) is 19.4 Å². The molecular weight excluding hydrogens is 282 g/mol. The first-order chi connectivity index (χ1) is 8.13. The Bertz CT molecular complexity index is 342. The van der Waals surface area contributed by atoms with E-state index in [1.165, 1.54) is 0 Å². The third kappa shape index (κ3) is 5.52. The van der Waals surface area contributed by atoms with Crippen LogP contribution in [-0.2, 0) is 11.3 Å². The van der Waals surface area contributed by atoms with Crippen LogP contribution in [0.15, 0.2) is 22.7 Å². The largest absolute Gasteiger partial charge is 0.491 e. The van der Waals surface area contributed by atoms with E-state index in [-0.39, 0.29) is 0 Å². The van der Waals surface area contributed by atoms with Gasteiger partial charge in [0.25, 0.3) is 0 Å². The van der Waals surface area contributed by atoms with E-state index in [4.69, 9.17) is 15.2 Å². The Morgan fingerprint density at radius 3 is 2.71 bits per heavy atom. The van der Waals surface area contributed by atoms with Crippen LogP contribution in [0.2, 0.25) is 0 Å². The summed E-state index contributed by atoms with van der Waals surface area (Å²) in [7, 11) is 0. The van der Waals surface area contributed by atoms with E-state index in [0.717, 1.165) is 22.4 Å². The Morgan fingerprint density at radius 2 is 2.06 bits per heavy atom. The Kier molecular flexibility index (Phi) is 6.55. The maximum absolute atomic E-state index is 5.62. The van der Waals surface area contributed by atoms with Crippen molar-refractivity contribution < 1.29 is 9.47 Å². The van der Waals surface area contributed by atoms with Crippen LogP contribution in [0.3, 0.4) is 0 Å². The van der Waals surface area contributed by atoms with E-state index in [0.29, 0.717) is 25.7 Å². The molecule has 0 saturated carbocycles. The van der Waals surface area contributed by atoms with Crippen molar-refractivity contribution in [2.24, 2.45) is 11.7 Å². The molecule has 1 rings (SSSR count). The van der Waals surface area contributed by atoms with Gasteiger partial charge >= 0.3 is 0 Å². The number of halogens is 1. The van der Waals surface area contributed by atoms with Gasteiger partial charge in [-0.25, -0.2) is 0 Å². The minimum absolute atomic E-state index is 0.502. The maximum Gasteiger partial charge on any atom is 0.119 e. The molecule has 0 spiro atoms. The summed E-state index contributed by atoms with van der Waals surface area (Å²) < 4.78 is 12.0. The topological polar surface area (TPSA) is 44.5 Å². The molecule has 1 aromatic rings. The molecule has 2 N–H and O–H groups in total. The van der Waals surface area contributed by atoms with Gasteiger partial charge in [-0.1, -0.05) is 29.8 Å². The van der Waals surface area contributed by atoms with Crippen molar-refractivity contribution in [3.8, 4) is 5.75 Å². The number of nitrogens with two attached hydrogens (primary N) is 1. The minimum atomic E-state index is 0.502. The lowest BCUT2D eigenvalue weighted by Gasteiger charge is -2.10. The van der Waals surface area contributed by atoms with E-state index < -0.39 is 0 Å². The summed E-state index contributed by atoms with van der Waals surface area (Å²) in [5.41, 5.74) is 6.67.